The Labute approximate surface area is 212 Å². The molecule has 4 heterocycles. The largest absolute Gasteiger partial charge is 0.453 e. The fraction of sp³-hybridized carbons (Fsp3) is 0.231. The van der Waals surface area contributed by atoms with E-state index >= 15 is 0 Å². The highest BCUT2D eigenvalue weighted by Crippen LogP contribution is 2.53. The normalized spacial score (nSPS) is 15.2. The first-order valence-corrected chi connectivity index (χ1v) is 11.7. The number of rotatable bonds is 3. The van der Waals surface area contributed by atoms with Gasteiger partial charge in [0.2, 0.25) is 5.91 Å². The number of fused-ring (bicyclic) bond motifs is 3. The Bertz CT molecular complexity index is 1460. The van der Waals surface area contributed by atoms with E-state index in [0.717, 1.165) is 58.1 Å². The van der Waals surface area contributed by atoms with E-state index in [2.05, 4.69) is 25.4 Å². The monoisotopic (exact) mass is 502 g/mol. The first-order valence-electron chi connectivity index (χ1n) is 11.4. The fourth-order valence-corrected chi connectivity index (χ4v) is 5.10. The predicted molar refractivity (Wildman–Crippen MR) is 135 cm³/mol. The van der Waals surface area contributed by atoms with Gasteiger partial charge in [-0.1, -0.05) is 24.1 Å². The summed E-state index contributed by atoms with van der Waals surface area (Å²) in [7, 11) is 1.22. The number of ether oxygens (including phenoxy) is 1. The summed E-state index contributed by atoms with van der Waals surface area (Å²) in [5.74, 6) is 0.148. The number of hydrogen-bond donors (Lipinski definition) is 1. The average Bonchev–Trinajstić information content (AvgIpc) is 3.12. The van der Waals surface area contributed by atoms with Gasteiger partial charge in [0, 0.05) is 46.3 Å². The SMILES string of the molecule is COC(N)=O.O=C1N(Cc2ncc3cc(Cl)ccc3c2-c2cncnc2)c2cnccc2C12CCC2. The lowest BCUT2D eigenvalue weighted by molar-refractivity contribution is -0.126. The molecule has 2 aliphatic rings. The van der Waals surface area contributed by atoms with Crippen LogP contribution < -0.4 is 10.6 Å². The zero-order valence-electron chi connectivity index (χ0n) is 19.5. The number of methoxy groups -OCH3 is 1. The van der Waals surface area contributed by atoms with Crippen LogP contribution in [0.15, 0.2) is 61.6 Å². The number of halogens is 1. The van der Waals surface area contributed by atoms with Crippen molar-refractivity contribution in [2.45, 2.75) is 31.2 Å². The van der Waals surface area contributed by atoms with Crippen molar-refractivity contribution in [3.63, 3.8) is 0 Å². The van der Waals surface area contributed by atoms with Gasteiger partial charge in [0.25, 0.3) is 0 Å². The molecule has 182 valence electrons. The molecule has 1 fully saturated rings. The smallest absolute Gasteiger partial charge is 0.404 e. The van der Waals surface area contributed by atoms with Gasteiger partial charge >= 0.3 is 6.09 Å². The summed E-state index contributed by atoms with van der Waals surface area (Å²) < 4.78 is 3.89. The molecule has 9 nitrogen and oxygen atoms in total. The third-order valence-electron chi connectivity index (χ3n) is 6.76. The molecule has 1 aliphatic carbocycles. The Hall–Kier alpha value is -4.11. The van der Waals surface area contributed by atoms with E-state index in [1.807, 2.05) is 35.4 Å². The molecule has 0 bridgehead atoms. The Kier molecular flexibility index (Phi) is 6.24. The highest BCUT2D eigenvalue weighted by molar-refractivity contribution is 6.31. The van der Waals surface area contributed by atoms with Crippen molar-refractivity contribution in [1.29, 1.82) is 0 Å². The molecular formula is C26H23ClN6O3. The molecule has 0 radical (unpaired) electrons. The van der Waals surface area contributed by atoms with Gasteiger partial charge in [-0.2, -0.15) is 0 Å². The maximum Gasteiger partial charge on any atom is 0.404 e. The molecule has 0 atom stereocenters. The van der Waals surface area contributed by atoms with Crippen LogP contribution in [0, 0.1) is 0 Å². The molecule has 1 aromatic carbocycles. The summed E-state index contributed by atoms with van der Waals surface area (Å²) in [5, 5.41) is 2.58. The van der Waals surface area contributed by atoms with E-state index in [0.29, 0.717) is 11.6 Å². The van der Waals surface area contributed by atoms with Crippen LogP contribution in [0.4, 0.5) is 10.5 Å². The minimum atomic E-state index is -0.745. The van der Waals surface area contributed by atoms with Crippen LogP contribution >= 0.6 is 11.6 Å². The molecular weight excluding hydrogens is 480 g/mol. The molecule has 1 saturated carbocycles. The minimum absolute atomic E-state index is 0.148. The Morgan fingerprint density at radius 2 is 1.89 bits per heavy atom. The van der Waals surface area contributed by atoms with Crippen molar-refractivity contribution in [2.24, 2.45) is 5.73 Å². The number of carbonyl (C=O) groups is 2. The molecule has 1 spiro atoms. The zero-order chi connectivity index (χ0) is 25.3. The van der Waals surface area contributed by atoms with Crippen molar-refractivity contribution in [2.75, 3.05) is 12.0 Å². The van der Waals surface area contributed by atoms with E-state index in [4.69, 9.17) is 16.6 Å². The molecule has 2 amide bonds. The van der Waals surface area contributed by atoms with Crippen LogP contribution in [-0.2, 0) is 21.5 Å². The van der Waals surface area contributed by atoms with Gasteiger partial charge in [-0.25, -0.2) is 14.8 Å². The molecule has 4 aromatic rings. The lowest BCUT2D eigenvalue weighted by Crippen LogP contribution is -2.45. The van der Waals surface area contributed by atoms with E-state index in [-0.39, 0.29) is 5.91 Å². The number of amides is 2. The third kappa shape index (κ3) is 4.01. The van der Waals surface area contributed by atoms with Crippen molar-refractivity contribution in [3.8, 4) is 11.1 Å². The van der Waals surface area contributed by atoms with Crippen LogP contribution in [0.1, 0.15) is 30.5 Å². The highest BCUT2D eigenvalue weighted by atomic mass is 35.5. The molecule has 2 N–H and O–H groups in total. The van der Waals surface area contributed by atoms with Gasteiger partial charge in [0.05, 0.1) is 36.6 Å². The number of hydrogen-bond acceptors (Lipinski definition) is 7. The summed E-state index contributed by atoms with van der Waals surface area (Å²) in [4.78, 5) is 42.2. The Morgan fingerprint density at radius 1 is 1.14 bits per heavy atom. The van der Waals surface area contributed by atoms with Crippen LogP contribution in [-0.4, -0.2) is 39.0 Å². The lowest BCUT2D eigenvalue weighted by Gasteiger charge is -2.37. The Morgan fingerprint density at radius 3 is 2.56 bits per heavy atom. The number of nitrogens with zero attached hydrogens (tertiary/aromatic N) is 5. The fourth-order valence-electron chi connectivity index (χ4n) is 4.91. The number of benzene rings is 1. The molecule has 3 aromatic heterocycles. The number of pyridine rings is 2. The first kappa shape index (κ1) is 23.6. The number of carbonyl (C=O) groups excluding carboxylic acids is 2. The Balaban J connectivity index is 0.000000489. The van der Waals surface area contributed by atoms with Crippen LogP contribution in [0.25, 0.3) is 21.9 Å². The summed E-state index contributed by atoms with van der Waals surface area (Å²) in [6, 6.07) is 7.74. The summed E-state index contributed by atoms with van der Waals surface area (Å²) >= 11 is 6.21. The van der Waals surface area contributed by atoms with Crippen molar-refractivity contribution >= 4 is 40.1 Å². The maximum atomic E-state index is 13.6. The second-order valence-electron chi connectivity index (χ2n) is 8.68. The molecule has 0 saturated heterocycles. The van der Waals surface area contributed by atoms with E-state index in [1.165, 1.54) is 13.4 Å². The van der Waals surface area contributed by atoms with Gasteiger partial charge in [-0.3, -0.25) is 14.8 Å². The second-order valence-corrected chi connectivity index (χ2v) is 9.12. The minimum Gasteiger partial charge on any atom is -0.453 e. The quantitative estimate of drug-likeness (QED) is 0.439. The molecule has 36 heavy (non-hydrogen) atoms. The van der Waals surface area contributed by atoms with E-state index in [9.17, 15) is 9.59 Å². The van der Waals surface area contributed by atoms with Gasteiger partial charge in [0.15, 0.2) is 0 Å². The molecule has 1 aliphatic heterocycles. The van der Waals surface area contributed by atoms with Crippen molar-refractivity contribution in [1.82, 2.24) is 19.9 Å². The summed E-state index contributed by atoms with van der Waals surface area (Å²) in [5.41, 5.74) is 8.59. The molecule has 6 rings (SSSR count). The van der Waals surface area contributed by atoms with E-state index < -0.39 is 11.5 Å². The van der Waals surface area contributed by atoms with Crippen molar-refractivity contribution in [3.05, 3.63) is 77.9 Å². The average molecular weight is 503 g/mol. The highest BCUT2D eigenvalue weighted by Gasteiger charge is 2.54. The van der Waals surface area contributed by atoms with E-state index in [1.54, 1.807) is 24.8 Å². The third-order valence-corrected chi connectivity index (χ3v) is 6.99. The summed E-state index contributed by atoms with van der Waals surface area (Å²) in [6.07, 6.45) is 12.6. The van der Waals surface area contributed by atoms with Crippen LogP contribution in [0.5, 0.6) is 0 Å². The topological polar surface area (TPSA) is 124 Å². The lowest BCUT2D eigenvalue weighted by atomic mass is 9.65. The standard InChI is InChI=1S/C24H18ClN5O.C2H5NO2/c25-17-2-3-18-15(8-17)11-29-20(22(18)16-9-27-14-28-10-16)13-30-21-12-26-7-4-19(21)24(23(30)31)5-1-6-24;1-5-2(3)4/h2-4,7-12,14H,1,5-6,13H2;1H3,(H2,3,4). The van der Waals surface area contributed by atoms with Crippen molar-refractivity contribution < 1.29 is 14.3 Å². The van der Waals surface area contributed by atoms with Gasteiger partial charge < -0.3 is 15.4 Å². The van der Waals surface area contributed by atoms with Crippen LogP contribution in [0.3, 0.4) is 0 Å². The van der Waals surface area contributed by atoms with Gasteiger partial charge in [-0.05, 0) is 42.0 Å². The number of anilines is 1. The molecule has 0 unspecified atom stereocenters. The number of nitrogens with two attached hydrogens (primary N) is 1. The van der Waals surface area contributed by atoms with Gasteiger partial charge in [0.1, 0.15) is 6.33 Å². The molecule has 10 heteroatoms. The maximum absolute atomic E-state index is 13.6. The van der Waals surface area contributed by atoms with Crippen LogP contribution in [0.2, 0.25) is 5.02 Å². The summed E-state index contributed by atoms with van der Waals surface area (Å²) in [6.45, 7) is 0.363. The van der Waals surface area contributed by atoms with Gasteiger partial charge in [-0.15, -0.1) is 0 Å². The second kappa shape index (κ2) is 9.50. The predicted octanol–water partition coefficient (Wildman–Crippen LogP) is 4.42. The zero-order valence-corrected chi connectivity index (χ0v) is 20.3. The first-order chi connectivity index (χ1) is 17.4. The number of aromatic nitrogens is 4. The number of primary amides is 1.